The standard InChI is InChI=1S/C14H15N3O/c1-10-7-8-11(18-2)9-14(10)17-16-13-6-4-3-5-12(13)15/h3-9H,15H2,1-2H3. The molecule has 0 saturated heterocycles. The summed E-state index contributed by atoms with van der Waals surface area (Å²) in [4.78, 5) is 0. The first kappa shape index (κ1) is 12.1. The predicted octanol–water partition coefficient (Wildman–Crippen LogP) is 4.00. The first-order valence-electron chi connectivity index (χ1n) is 5.61. The van der Waals surface area contributed by atoms with Gasteiger partial charge in [-0.3, -0.25) is 0 Å². The molecule has 0 fully saturated rings. The average Bonchev–Trinajstić information content (AvgIpc) is 2.39. The summed E-state index contributed by atoms with van der Waals surface area (Å²) >= 11 is 0. The number of methoxy groups -OCH3 is 1. The van der Waals surface area contributed by atoms with E-state index in [4.69, 9.17) is 10.5 Å². The van der Waals surface area contributed by atoms with Crippen LogP contribution in [0, 0.1) is 6.92 Å². The molecule has 2 aromatic carbocycles. The van der Waals surface area contributed by atoms with Gasteiger partial charge in [-0.05, 0) is 30.7 Å². The Kier molecular flexibility index (Phi) is 3.57. The van der Waals surface area contributed by atoms with Gasteiger partial charge in [0.2, 0.25) is 0 Å². The minimum absolute atomic E-state index is 0.613. The summed E-state index contributed by atoms with van der Waals surface area (Å²) in [5.74, 6) is 0.760. The Morgan fingerprint density at radius 1 is 1.00 bits per heavy atom. The van der Waals surface area contributed by atoms with Gasteiger partial charge in [0.25, 0.3) is 0 Å². The Morgan fingerprint density at radius 3 is 2.44 bits per heavy atom. The summed E-state index contributed by atoms with van der Waals surface area (Å²) in [6.45, 7) is 1.97. The van der Waals surface area contributed by atoms with Crippen LogP contribution in [-0.2, 0) is 0 Å². The van der Waals surface area contributed by atoms with Crippen molar-refractivity contribution in [3.63, 3.8) is 0 Å². The van der Waals surface area contributed by atoms with Crippen LogP contribution in [0.15, 0.2) is 52.7 Å². The maximum Gasteiger partial charge on any atom is 0.121 e. The Bertz CT molecular complexity index is 579. The molecule has 0 bridgehead atoms. The first-order valence-corrected chi connectivity index (χ1v) is 5.61. The molecule has 0 spiro atoms. The molecule has 0 aliphatic carbocycles. The molecular formula is C14H15N3O. The lowest BCUT2D eigenvalue weighted by atomic mass is 10.2. The van der Waals surface area contributed by atoms with E-state index in [9.17, 15) is 0 Å². The Labute approximate surface area is 106 Å². The fraction of sp³-hybridized carbons (Fsp3) is 0.143. The van der Waals surface area contributed by atoms with Crippen LogP contribution >= 0.6 is 0 Å². The van der Waals surface area contributed by atoms with Crippen molar-refractivity contribution in [3.05, 3.63) is 48.0 Å². The molecule has 2 N–H and O–H groups in total. The van der Waals surface area contributed by atoms with Gasteiger partial charge in [-0.25, -0.2) is 0 Å². The second-order valence-corrected chi connectivity index (χ2v) is 3.91. The van der Waals surface area contributed by atoms with Gasteiger partial charge in [-0.2, -0.15) is 5.11 Å². The number of azo groups is 1. The van der Waals surface area contributed by atoms with Gasteiger partial charge >= 0.3 is 0 Å². The van der Waals surface area contributed by atoms with Gasteiger partial charge < -0.3 is 10.5 Å². The number of hydrogen-bond acceptors (Lipinski definition) is 4. The SMILES string of the molecule is COc1ccc(C)c(N=Nc2ccccc2N)c1. The topological polar surface area (TPSA) is 60.0 Å². The molecule has 0 atom stereocenters. The van der Waals surface area contributed by atoms with Gasteiger partial charge in [0.15, 0.2) is 0 Å². The van der Waals surface area contributed by atoms with Crippen LogP contribution in [0.4, 0.5) is 17.1 Å². The number of para-hydroxylation sites is 1. The van der Waals surface area contributed by atoms with Crippen molar-refractivity contribution < 1.29 is 4.74 Å². The summed E-state index contributed by atoms with van der Waals surface area (Å²) < 4.78 is 5.16. The highest BCUT2D eigenvalue weighted by Gasteiger charge is 2.00. The lowest BCUT2D eigenvalue weighted by molar-refractivity contribution is 0.415. The van der Waals surface area contributed by atoms with Crippen LogP contribution in [0.2, 0.25) is 0 Å². The maximum absolute atomic E-state index is 5.80. The van der Waals surface area contributed by atoms with E-state index in [1.165, 1.54) is 0 Å². The van der Waals surface area contributed by atoms with Crippen LogP contribution in [0.25, 0.3) is 0 Å². The minimum Gasteiger partial charge on any atom is -0.497 e. The lowest BCUT2D eigenvalue weighted by Gasteiger charge is -2.03. The number of anilines is 1. The molecule has 92 valence electrons. The van der Waals surface area contributed by atoms with Crippen LogP contribution in [-0.4, -0.2) is 7.11 Å². The summed E-state index contributed by atoms with van der Waals surface area (Å²) in [5.41, 5.74) is 8.89. The third kappa shape index (κ3) is 2.66. The summed E-state index contributed by atoms with van der Waals surface area (Å²) in [6, 6.07) is 13.1. The zero-order valence-electron chi connectivity index (χ0n) is 10.4. The number of hydrogen-bond donors (Lipinski definition) is 1. The molecule has 4 heteroatoms. The van der Waals surface area contributed by atoms with Gasteiger partial charge in [0.05, 0.1) is 18.5 Å². The fourth-order valence-electron chi connectivity index (χ4n) is 1.51. The molecule has 0 unspecified atom stereocenters. The van der Waals surface area contributed by atoms with Crippen molar-refractivity contribution in [2.24, 2.45) is 10.2 Å². The van der Waals surface area contributed by atoms with Crippen molar-refractivity contribution >= 4 is 17.1 Å². The molecule has 0 aliphatic rings. The Hall–Kier alpha value is -2.36. The van der Waals surface area contributed by atoms with E-state index in [1.54, 1.807) is 13.2 Å². The van der Waals surface area contributed by atoms with Gasteiger partial charge in [0.1, 0.15) is 11.4 Å². The second-order valence-electron chi connectivity index (χ2n) is 3.91. The van der Waals surface area contributed by atoms with Crippen LogP contribution in [0.5, 0.6) is 5.75 Å². The van der Waals surface area contributed by atoms with Crippen molar-refractivity contribution in [2.75, 3.05) is 12.8 Å². The number of nitrogens with two attached hydrogens (primary N) is 1. The molecule has 4 nitrogen and oxygen atoms in total. The van der Waals surface area contributed by atoms with Gasteiger partial charge in [-0.1, -0.05) is 18.2 Å². The minimum atomic E-state index is 0.613. The quantitative estimate of drug-likeness (QED) is 0.652. The van der Waals surface area contributed by atoms with E-state index < -0.39 is 0 Å². The lowest BCUT2D eigenvalue weighted by Crippen LogP contribution is -1.84. The van der Waals surface area contributed by atoms with Gasteiger partial charge in [-0.15, -0.1) is 5.11 Å². The second kappa shape index (κ2) is 5.31. The highest BCUT2D eigenvalue weighted by atomic mass is 16.5. The molecule has 2 rings (SSSR count). The average molecular weight is 241 g/mol. The Morgan fingerprint density at radius 2 is 1.72 bits per heavy atom. The number of nitrogens with zero attached hydrogens (tertiary/aromatic N) is 2. The van der Waals surface area contributed by atoms with E-state index >= 15 is 0 Å². The van der Waals surface area contributed by atoms with Crippen molar-refractivity contribution in [2.45, 2.75) is 6.92 Å². The van der Waals surface area contributed by atoms with Crippen LogP contribution < -0.4 is 10.5 Å². The highest BCUT2D eigenvalue weighted by molar-refractivity contribution is 5.61. The third-order valence-corrected chi connectivity index (χ3v) is 2.62. The van der Waals surface area contributed by atoms with Crippen LogP contribution in [0.1, 0.15) is 5.56 Å². The molecule has 0 heterocycles. The van der Waals surface area contributed by atoms with E-state index in [1.807, 2.05) is 43.3 Å². The van der Waals surface area contributed by atoms with Crippen molar-refractivity contribution in [1.82, 2.24) is 0 Å². The van der Waals surface area contributed by atoms with Crippen LogP contribution in [0.3, 0.4) is 0 Å². The highest BCUT2D eigenvalue weighted by Crippen LogP contribution is 2.28. The van der Waals surface area contributed by atoms with E-state index in [0.717, 1.165) is 17.0 Å². The fourth-order valence-corrected chi connectivity index (χ4v) is 1.51. The number of ether oxygens (including phenoxy) is 1. The molecular weight excluding hydrogens is 226 g/mol. The number of rotatable bonds is 3. The van der Waals surface area contributed by atoms with E-state index in [2.05, 4.69) is 10.2 Å². The molecule has 0 aliphatic heterocycles. The molecule has 0 saturated carbocycles. The summed E-state index contributed by atoms with van der Waals surface area (Å²) in [7, 11) is 1.63. The predicted molar refractivity (Wildman–Crippen MR) is 72.8 cm³/mol. The monoisotopic (exact) mass is 241 g/mol. The zero-order chi connectivity index (χ0) is 13.0. The maximum atomic E-state index is 5.80. The van der Waals surface area contributed by atoms with Gasteiger partial charge in [0, 0.05) is 6.07 Å². The Balaban J connectivity index is 2.31. The number of benzene rings is 2. The number of nitrogen functional groups attached to an aromatic ring is 1. The van der Waals surface area contributed by atoms with E-state index in [0.29, 0.717) is 11.4 Å². The first-order chi connectivity index (χ1) is 8.70. The zero-order valence-corrected chi connectivity index (χ0v) is 10.4. The largest absolute Gasteiger partial charge is 0.497 e. The molecule has 0 amide bonds. The third-order valence-electron chi connectivity index (χ3n) is 2.62. The van der Waals surface area contributed by atoms with Crippen molar-refractivity contribution in [3.8, 4) is 5.75 Å². The summed E-state index contributed by atoms with van der Waals surface area (Å²) in [6.07, 6.45) is 0. The molecule has 0 radical (unpaired) electrons. The van der Waals surface area contributed by atoms with E-state index in [-0.39, 0.29) is 0 Å². The normalized spacial score (nSPS) is 10.8. The number of aryl methyl sites for hydroxylation is 1. The molecule has 18 heavy (non-hydrogen) atoms. The summed E-state index contributed by atoms with van der Waals surface area (Å²) in [5, 5.41) is 8.37. The molecule has 2 aromatic rings. The van der Waals surface area contributed by atoms with Crippen molar-refractivity contribution in [1.29, 1.82) is 0 Å². The smallest absolute Gasteiger partial charge is 0.121 e. The molecule has 0 aromatic heterocycles.